The lowest BCUT2D eigenvalue weighted by Gasteiger charge is -2.18. The van der Waals surface area contributed by atoms with Gasteiger partial charge in [-0.15, -0.1) is 11.3 Å². The number of anilines is 1. The van der Waals surface area contributed by atoms with Crippen molar-refractivity contribution in [2.75, 3.05) is 24.2 Å². The van der Waals surface area contributed by atoms with E-state index in [9.17, 15) is 23.3 Å². The number of nitro benzene ring substituents is 1. The highest BCUT2D eigenvalue weighted by molar-refractivity contribution is 8.01. The number of hydrogen-bond donors (Lipinski definition) is 1. The second-order valence-corrected chi connectivity index (χ2v) is 10.5. The van der Waals surface area contributed by atoms with Gasteiger partial charge >= 0.3 is 0 Å². The van der Waals surface area contributed by atoms with Crippen LogP contribution < -0.4 is 5.32 Å². The highest BCUT2D eigenvalue weighted by atomic mass is 32.2. The molecule has 0 aliphatic carbocycles. The number of nitrogens with zero attached hydrogens (tertiary/aromatic N) is 3. The van der Waals surface area contributed by atoms with Gasteiger partial charge in [0.05, 0.1) is 25.8 Å². The molecule has 0 radical (unpaired) electrons. The number of rotatable bonds is 9. The number of fused-ring (bicyclic) bond motifs is 1. The second kappa shape index (κ2) is 9.73. The maximum atomic E-state index is 12.5. The maximum Gasteiger partial charge on any atom is 0.270 e. The van der Waals surface area contributed by atoms with Crippen LogP contribution in [0.1, 0.15) is 13.8 Å². The third-order valence-corrected chi connectivity index (χ3v) is 8.60. The SMILES string of the molecule is CCN(CC)S(=O)(=O)c1ccc(NC(=O)CSc2nc3ccc([N+](=O)[O-])cc3s2)cc1. The second-order valence-electron chi connectivity index (χ2n) is 6.34. The van der Waals surface area contributed by atoms with Crippen molar-refractivity contribution in [1.29, 1.82) is 0 Å². The van der Waals surface area contributed by atoms with E-state index in [1.807, 2.05) is 0 Å². The van der Waals surface area contributed by atoms with Gasteiger partial charge in [0.1, 0.15) is 0 Å². The quantitative estimate of drug-likeness (QED) is 0.279. The van der Waals surface area contributed by atoms with Crippen LogP contribution >= 0.6 is 23.1 Å². The van der Waals surface area contributed by atoms with Crippen LogP contribution in [0, 0.1) is 10.1 Å². The van der Waals surface area contributed by atoms with E-state index in [1.54, 1.807) is 32.0 Å². The lowest BCUT2D eigenvalue weighted by Crippen LogP contribution is -2.30. The van der Waals surface area contributed by atoms with Crippen LogP contribution in [0.3, 0.4) is 0 Å². The van der Waals surface area contributed by atoms with Crippen LogP contribution in [0.2, 0.25) is 0 Å². The van der Waals surface area contributed by atoms with Crippen LogP contribution in [0.25, 0.3) is 10.2 Å². The molecule has 0 saturated heterocycles. The maximum absolute atomic E-state index is 12.5. The Bertz CT molecular complexity index is 1210. The fraction of sp³-hybridized carbons (Fsp3) is 0.263. The number of amides is 1. The van der Waals surface area contributed by atoms with Crippen molar-refractivity contribution < 1.29 is 18.1 Å². The molecule has 0 unspecified atom stereocenters. The van der Waals surface area contributed by atoms with Crippen molar-refractivity contribution in [3.05, 3.63) is 52.6 Å². The lowest BCUT2D eigenvalue weighted by atomic mass is 10.3. The van der Waals surface area contributed by atoms with Crippen molar-refractivity contribution in [1.82, 2.24) is 9.29 Å². The largest absolute Gasteiger partial charge is 0.325 e. The Kier molecular flexibility index (Phi) is 7.26. The Morgan fingerprint density at radius 2 is 1.87 bits per heavy atom. The van der Waals surface area contributed by atoms with Gasteiger partial charge < -0.3 is 5.32 Å². The van der Waals surface area contributed by atoms with Crippen LogP contribution in [0.5, 0.6) is 0 Å². The van der Waals surface area contributed by atoms with Gasteiger partial charge in [0.15, 0.2) is 4.34 Å². The first-order valence-electron chi connectivity index (χ1n) is 9.32. The molecule has 2 aromatic carbocycles. The smallest absolute Gasteiger partial charge is 0.270 e. The van der Waals surface area contributed by atoms with Gasteiger partial charge in [-0.2, -0.15) is 4.31 Å². The number of hydrogen-bond acceptors (Lipinski definition) is 8. The predicted molar refractivity (Wildman–Crippen MR) is 122 cm³/mol. The molecule has 3 aromatic rings. The van der Waals surface area contributed by atoms with Crippen LogP contribution in [-0.4, -0.2) is 47.4 Å². The Hall–Kier alpha value is -2.54. The number of non-ortho nitro benzene ring substituents is 1. The number of nitrogens with one attached hydrogen (secondary N) is 1. The summed E-state index contributed by atoms with van der Waals surface area (Å²) in [4.78, 5) is 27.2. The molecular weight excluding hydrogens is 460 g/mol. The monoisotopic (exact) mass is 480 g/mol. The van der Waals surface area contributed by atoms with Crippen LogP contribution in [0.4, 0.5) is 11.4 Å². The number of thiazole rings is 1. The highest BCUT2D eigenvalue weighted by Gasteiger charge is 2.21. The van der Waals surface area contributed by atoms with Crippen molar-refractivity contribution >= 4 is 60.6 Å². The minimum Gasteiger partial charge on any atom is -0.325 e. The van der Waals surface area contributed by atoms with Gasteiger partial charge in [-0.25, -0.2) is 13.4 Å². The third kappa shape index (κ3) is 5.39. The van der Waals surface area contributed by atoms with E-state index in [-0.39, 0.29) is 22.2 Å². The van der Waals surface area contributed by atoms with Gasteiger partial charge in [0, 0.05) is 30.9 Å². The summed E-state index contributed by atoms with van der Waals surface area (Å²) in [5.41, 5.74) is 1.13. The number of nitro groups is 1. The summed E-state index contributed by atoms with van der Waals surface area (Å²) in [7, 11) is -3.55. The molecule has 0 fully saturated rings. The molecule has 3 rings (SSSR count). The molecular formula is C19H20N4O5S3. The summed E-state index contributed by atoms with van der Waals surface area (Å²) >= 11 is 2.51. The minimum absolute atomic E-state index is 0.00287. The summed E-state index contributed by atoms with van der Waals surface area (Å²) in [6, 6.07) is 10.5. The molecule has 9 nitrogen and oxygen atoms in total. The Labute approximate surface area is 187 Å². The summed E-state index contributed by atoms with van der Waals surface area (Å²) in [6.07, 6.45) is 0. The predicted octanol–water partition coefficient (Wildman–Crippen LogP) is 3.97. The third-order valence-electron chi connectivity index (χ3n) is 4.37. The summed E-state index contributed by atoms with van der Waals surface area (Å²) < 4.78 is 27.7. The molecule has 1 N–H and O–H groups in total. The molecule has 31 heavy (non-hydrogen) atoms. The molecule has 12 heteroatoms. The zero-order chi connectivity index (χ0) is 22.6. The summed E-state index contributed by atoms with van der Waals surface area (Å²) in [5.74, 6) is -0.170. The normalized spacial score (nSPS) is 11.7. The Morgan fingerprint density at radius 3 is 2.48 bits per heavy atom. The van der Waals surface area contributed by atoms with E-state index >= 15 is 0 Å². The van der Waals surface area contributed by atoms with E-state index in [0.717, 1.165) is 0 Å². The van der Waals surface area contributed by atoms with Crippen molar-refractivity contribution in [2.45, 2.75) is 23.1 Å². The topological polar surface area (TPSA) is 123 Å². The van der Waals surface area contributed by atoms with E-state index in [4.69, 9.17) is 0 Å². The molecule has 0 saturated carbocycles. The van der Waals surface area contributed by atoms with Crippen molar-refractivity contribution in [3.8, 4) is 0 Å². The zero-order valence-electron chi connectivity index (χ0n) is 16.8. The number of benzene rings is 2. The molecule has 0 atom stereocenters. The van der Waals surface area contributed by atoms with Gasteiger partial charge in [0.25, 0.3) is 5.69 Å². The highest BCUT2D eigenvalue weighted by Crippen LogP contribution is 2.31. The Balaban J connectivity index is 1.61. The average Bonchev–Trinajstić information content (AvgIpc) is 3.15. The summed E-state index contributed by atoms with van der Waals surface area (Å²) in [5, 5.41) is 13.6. The number of carbonyl (C=O) groups excluding carboxylic acids is 1. The van der Waals surface area contributed by atoms with Gasteiger partial charge in [-0.3, -0.25) is 14.9 Å². The van der Waals surface area contributed by atoms with E-state index < -0.39 is 14.9 Å². The molecule has 164 valence electrons. The van der Waals surface area contributed by atoms with E-state index in [1.165, 1.54) is 51.7 Å². The first kappa shape index (κ1) is 23.1. The fourth-order valence-electron chi connectivity index (χ4n) is 2.81. The molecule has 0 aliphatic rings. The number of carbonyl (C=O) groups is 1. The fourth-order valence-corrected chi connectivity index (χ4v) is 6.17. The van der Waals surface area contributed by atoms with E-state index in [2.05, 4.69) is 10.3 Å². The summed E-state index contributed by atoms with van der Waals surface area (Å²) in [6.45, 7) is 4.32. The van der Waals surface area contributed by atoms with Gasteiger partial charge in [0.2, 0.25) is 15.9 Å². The standard InChI is InChI=1S/C19H20N4O5S3/c1-3-22(4-2)31(27,28)15-8-5-13(6-9-15)20-18(24)12-29-19-21-16-10-7-14(23(25)26)11-17(16)30-19/h5-11H,3-4,12H2,1-2H3,(H,20,24). The van der Waals surface area contributed by atoms with Crippen LogP contribution in [0.15, 0.2) is 51.7 Å². The number of sulfonamides is 1. The molecule has 0 aliphatic heterocycles. The molecule has 1 heterocycles. The minimum atomic E-state index is -3.55. The molecule has 0 bridgehead atoms. The molecule has 1 amide bonds. The Morgan fingerprint density at radius 1 is 1.19 bits per heavy atom. The van der Waals surface area contributed by atoms with Crippen LogP contribution in [-0.2, 0) is 14.8 Å². The lowest BCUT2D eigenvalue weighted by molar-refractivity contribution is -0.384. The van der Waals surface area contributed by atoms with Gasteiger partial charge in [-0.05, 0) is 30.3 Å². The van der Waals surface area contributed by atoms with Gasteiger partial charge in [-0.1, -0.05) is 25.6 Å². The first-order chi connectivity index (χ1) is 14.7. The molecule has 1 aromatic heterocycles. The molecule has 0 spiro atoms. The van der Waals surface area contributed by atoms with Crippen molar-refractivity contribution in [3.63, 3.8) is 0 Å². The first-order valence-corrected chi connectivity index (χ1v) is 12.6. The zero-order valence-corrected chi connectivity index (χ0v) is 19.2. The number of thioether (sulfide) groups is 1. The average molecular weight is 481 g/mol. The number of aromatic nitrogens is 1. The van der Waals surface area contributed by atoms with E-state index in [0.29, 0.717) is 33.3 Å². The van der Waals surface area contributed by atoms with Crippen molar-refractivity contribution in [2.24, 2.45) is 0 Å².